The first-order valence-corrected chi connectivity index (χ1v) is 6.02. The fraction of sp³-hybridized carbons (Fsp3) is 0.462. The Morgan fingerprint density at radius 2 is 2.50 bits per heavy atom. The van der Waals surface area contributed by atoms with Crippen LogP contribution in [-0.2, 0) is 4.79 Å². The summed E-state index contributed by atoms with van der Waals surface area (Å²) in [5, 5.41) is 17.9. The second-order valence-corrected chi connectivity index (χ2v) is 4.54. The number of rotatable bonds is 3. The lowest BCUT2D eigenvalue weighted by Gasteiger charge is -2.33. The zero-order valence-electron chi connectivity index (χ0n) is 10.0. The van der Waals surface area contributed by atoms with Crippen LogP contribution in [0.25, 0.3) is 0 Å². The Labute approximate surface area is 106 Å². The van der Waals surface area contributed by atoms with E-state index in [0.29, 0.717) is 12.2 Å². The Hall–Kier alpha value is -2.09. The monoisotopic (exact) mass is 245 g/mol. The number of nitrogens with zero attached hydrogens (tertiary/aromatic N) is 3. The topological polar surface area (TPSA) is 77.2 Å². The zero-order chi connectivity index (χ0) is 13.0. The molecule has 1 saturated heterocycles. The van der Waals surface area contributed by atoms with Crippen LogP contribution in [0, 0.1) is 17.2 Å². The minimum atomic E-state index is -0.756. The Balaban J connectivity index is 2.13. The molecule has 2 rings (SSSR count). The lowest BCUT2D eigenvalue weighted by atomic mass is 9.94. The van der Waals surface area contributed by atoms with Gasteiger partial charge in [0.1, 0.15) is 6.07 Å². The van der Waals surface area contributed by atoms with E-state index in [-0.39, 0.29) is 12.3 Å². The van der Waals surface area contributed by atoms with Gasteiger partial charge >= 0.3 is 5.97 Å². The van der Waals surface area contributed by atoms with Crippen LogP contribution in [0.1, 0.15) is 25.0 Å². The molecular formula is C13H15N3O2. The lowest BCUT2D eigenvalue weighted by Crippen LogP contribution is -2.36. The van der Waals surface area contributed by atoms with Crippen LogP contribution >= 0.6 is 0 Å². The summed E-state index contributed by atoms with van der Waals surface area (Å²) in [5.74, 6) is -0.600. The molecule has 0 spiro atoms. The van der Waals surface area contributed by atoms with E-state index in [1.54, 1.807) is 12.3 Å². The van der Waals surface area contributed by atoms with Gasteiger partial charge in [-0.2, -0.15) is 5.26 Å². The van der Waals surface area contributed by atoms with Gasteiger partial charge < -0.3 is 10.0 Å². The molecule has 1 aromatic rings. The smallest absolute Gasteiger partial charge is 0.303 e. The fourth-order valence-corrected chi connectivity index (χ4v) is 2.44. The Morgan fingerprint density at radius 3 is 3.22 bits per heavy atom. The van der Waals surface area contributed by atoms with E-state index in [0.717, 1.165) is 25.1 Å². The van der Waals surface area contributed by atoms with E-state index in [9.17, 15) is 4.79 Å². The third kappa shape index (κ3) is 2.77. The molecule has 0 saturated carbocycles. The van der Waals surface area contributed by atoms with Crippen LogP contribution < -0.4 is 4.90 Å². The van der Waals surface area contributed by atoms with Crippen molar-refractivity contribution < 1.29 is 9.90 Å². The van der Waals surface area contributed by atoms with Gasteiger partial charge in [-0.1, -0.05) is 0 Å². The molecular weight excluding hydrogens is 230 g/mol. The Morgan fingerprint density at radius 1 is 1.67 bits per heavy atom. The first kappa shape index (κ1) is 12.4. The van der Waals surface area contributed by atoms with Crippen molar-refractivity contribution >= 4 is 11.7 Å². The highest BCUT2D eigenvalue weighted by Crippen LogP contribution is 2.26. The van der Waals surface area contributed by atoms with Gasteiger partial charge in [0.2, 0.25) is 0 Å². The van der Waals surface area contributed by atoms with E-state index in [4.69, 9.17) is 10.4 Å². The maximum absolute atomic E-state index is 10.8. The van der Waals surface area contributed by atoms with Crippen molar-refractivity contribution in [3.8, 4) is 6.07 Å². The summed E-state index contributed by atoms with van der Waals surface area (Å²) in [6, 6.07) is 5.75. The number of anilines is 1. The second kappa shape index (κ2) is 5.50. The van der Waals surface area contributed by atoms with E-state index in [2.05, 4.69) is 16.0 Å². The number of carboxylic acid groups (broad SMARTS) is 1. The molecule has 1 fully saturated rings. The van der Waals surface area contributed by atoms with Crippen LogP contribution in [0.4, 0.5) is 5.69 Å². The van der Waals surface area contributed by atoms with Gasteiger partial charge in [-0.05, 0) is 30.9 Å². The number of carbonyl (C=O) groups is 1. The summed E-state index contributed by atoms with van der Waals surface area (Å²) in [6.07, 6.45) is 3.68. The molecule has 1 aliphatic rings. The molecule has 5 nitrogen and oxygen atoms in total. The maximum atomic E-state index is 10.8. The number of piperidine rings is 1. The van der Waals surface area contributed by atoms with Gasteiger partial charge in [0.15, 0.2) is 5.69 Å². The summed E-state index contributed by atoms with van der Waals surface area (Å²) in [4.78, 5) is 16.9. The fourth-order valence-electron chi connectivity index (χ4n) is 2.44. The van der Waals surface area contributed by atoms with E-state index in [1.165, 1.54) is 0 Å². The number of nitriles is 1. The molecule has 2 heterocycles. The molecule has 94 valence electrons. The van der Waals surface area contributed by atoms with Crippen LogP contribution in [0.2, 0.25) is 0 Å². The average molecular weight is 245 g/mol. The van der Waals surface area contributed by atoms with E-state index < -0.39 is 5.97 Å². The number of pyridine rings is 1. The summed E-state index contributed by atoms with van der Waals surface area (Å²) in [7, 11) is 0. The molecule has 5 heteroatoms. The third-order valence-corrected chi connectivity index (χ3v) is 3.22. The second-order valence-electron chi connectivity index (χ2n) is 4.54. The largest absolute Gasteiger partial charge is 0.481 e. The average Bonchev–Trinajstić information content (AvgIpc) is 2.38. The zero-order valence-corrected chi connectivity index (χ0v) is 10.0. The predicted molar refractivity (Wildman–Crippen MR) is 66.1 cm³/mol. The third-order valence-electron chi connectivity index (χ3n) is 3.22. The standard InChI is InChI=1S/C13H15N3O2/c14-8-11-12(4-1-5-15-11)16-6-2-3-10(9-16)7-13(17)18/h1,4-5,10H,2-3,6-7,9H2,(H,17,18). The molecule has 0 aliphatic carbocycles. The number of hydrogen-bond acceptors (Lipinski definition) is 4. The molecule has 0 radical (unpaired) electrons. The van der Waals surface area contributed by atoms with Crippen molar-refractivity contribution in [2.24, 2.45) is 5.92 Å². The molecule has 0 amide bonds. The number of aromatic nitrogens is 1. The number of aliphatic carboxylic acids is 1. The lowest BCUT2D eigenvalue weighted by molar-refractivity contribution is -0.138. The Bertz CT molecular complexity index is 481. The molecule has 1 N–H and O–H groups in total. The van der Waals surface area contributed by atoms with Gasteiger partial charge in [0, 0.05) is 25.7 Å². The van der Waals surface area contributed by atoms with Crippen molar-refractivity contribution in [1.82, 2.24) is 4.98 Å². The molecule has 1 atom stereocenters. The molecule has 0 aromatic carbocycles. The van der Waals surface area contributed by atoms with E-state index in [1.807, 2.05) is 6.07 Å². The highest BCUT2D eigenvalue weighted by molar-refractivity contribution is 5.67. The first-order chi connectivity index (χ1) is 8.70. The highest BCUT2D eigenvalue weighted by Gasteiger charge is 2.23. The molecule has 1 aliphatic heterocycles. The van der Waals surface area contributed by atoms with Crippen LogP contribution in [0.5, 0.6) is 0 Å². The van der Waals surface area contributed by atoms with Crippen LogP contribution in [0.3, 0.4) is 0 Å². The summed E-state index contributed by atoms with van der Waals surface area (Å²) >= 11 is 0. The summed E-state index contributed by atoms with van der Waals surface area (Å²) in [6.45, 7) is 1.54. The van der Waals surface area contributed by atoms with Gasteiger partial charge in [0.25, 0.3) is 0 Å². The molecule has 0 bridgehead atoms. The quantitative estimate of drug-likeness (QED) is 0.876. The summed E-state index contributed by atoms with van der Waals surface area (Å²) in [5.41, 5.74) is 1.23. The molecule has 18 heavy (non-hydrogen) atoms. The van der Waals surface area contributed by atoms with Crippen molar-refractivity contribution in [2.75, 3.05) is 18.0 Å². The first-order valence-electron chi connectivity index (χ1n) is 6.02. The normalized spacial score (nSPS) is 19.3. The van der Waals surface area contributed by atoms with Gasteiger partial charge in [0.05, 0.1) is 5.69 Å². The van der Waals surface area contributed by atoms with Gasteiger partial charge in [-0.15, -0.1) is 0 Å². The van der Waals surface area contributed by atoms with Crippen molar-refractivity contribution in [2.45, 2.75) is 19.3 Å². The minimum absolute atomic E-state index is 0.156. The van der Waals surface area contributed by atoms with Gasteiger partial charge in [-0.25, -0.2) is 4.98 Å². The predicted octanol–water partition coefficient (Wildman–Crippen LogP) is 1.64. The Kier molecular flexibility index (Phi) is 3.78. The van der Waals surface area contributed by atoms with Gasteiger partial charge in [-0.3, -0.25) is 4.79 Å². The SMILES string of the molecule is N#Cc1ncccc1N1CCCC(CC(=O)O)C1. The number of carboxylic acids is 1. The van der Waals surface area contributed by atoms with Crippen molar-refractivity contribution in [1.29, 1.82) is 5.26 Å². The van der Waals surface area contributed by atoms with Crippen LogP contribution in [-0.4, -0.2) is 29.1 Å². The molecule has 1 aromatic heterocycles. The van der Waals surface area contributed by atoms with Crippen molar-refractivity contribution in [3.63, 3.8) is 0 Å². The van der Waals surface area contributed by atoms with Crippen molar-refractivity contribution in [3.05, 3.63) is 24.0 Å². The highest BCUT2D eigenvalue weighted by atomic mass is 16.4. The number of hydrogen-bond donors (Lipinski definition) is 1. The summed E-state index contributed by atoms with van der Waals surface area (Å²) < 4.78 is 0. The van der Waals surface area contributed by atoms with E-state index >= 15 is 0 Å². The molecule has 1 unspecified atom stereocenters. The van der Waals surface area contributed by atoms with Crippen LogP contribution in [0.15, 0.2) is 18.3 Å². The maximum Gasteiger partial charge on any atom is 0.303 e. The minimum Gasteiger partial charge on any atom is -0.481 e.